The van der Waals surface area contributed by atoms with Crippen molar-refractivity contribution in [1.29, 1.82) is 0 Å². The molecule has 0 aliphatic carbocycles. The number of hydrogen-bond acceptors (Lipinski definition) is 3. The Hall–Kier alpha value is -1.35. The number of oxazole rings is 1. The molecule has 0 radical (unpaired) electrons. The first-order valence-electron chi connectivity index (χ1n) is 6.82. The van der Waals surface area contributed by atoms with Gasteiger partial charge in [-0.2, -0.15) is 0 Å². The third kappa shape index (κ3) is 1.74. The third-order valence-electron chi connectivity index (χ3n) is 4.05. The molecule has 3 heteroatoms. The summed E-state index contributed by atoms with van der Waals surface area (Å²) < 4.78 is 6.04. The molecule has 0 spiro atoms. The average molecular weight is 244 g/mol. The van der Waals surface area contributed by atoms with Crippen LogP contribution in [0, 0.1) is 6.92 Å². The van der Waals surface area contributed by atoms with Gasteiger partial charge in [0.2, 0.25) is 5.89 Å². The summed E-state index contributed by atoms with van der Waals surface area (Å²) in [5.41, 5.74) is 3.25. The zero-order chi connectivity index (χ0) is 12.6. The molecule has 3 rings (SSSR count). The van der Waals surface area contributed by atoms with Crippen molar-refractivity contribution in [2.75, 3.05) is 13.1 Å². The Kier molecular flexibility index (Phi) is 2.86. The second-order valence-electron chi connectivity index (χ2n) is 5.40. The van der Waals surface area contributed by atoms with Gasteiger partial charge < -0.3 is 9.73 Å². The van der Waals surface area contributed by atoms with Gasteiger partial charge in [-0.3, -0.25) is 0 Å². The van der Waals surface area contributed by atoms with Gasteiger partial charge in [-0.1, -0.05) is 25.5 Å². The minimum Gasteiger partial charge on any atom is -0.440 e. The Morgan fingerprint density at radius 1 is 1.44 bits per heavy atom. The Balaban J connectivity index is 2.09. The molecular formula is C15H20N2O. The van der Waals surface area contributed by atoms with Crippen LogP contribution in [0.4, 0.5) is 0 Å². The highest BCUT2D eigenvalue weighted by molar-refractivity contribution is 5.76. The van der Waals surface area contributed by atoms with Crippen LogP contribution in [0.2, 0.25) is 0 Å². The number of nitrogens with one attached hydrogen (secondary N) is 1. The lowest BCUT2D eigenvalue weighted by atomic mass is 9.82. The van der Waals surface area contributed by atoms with Gasteiger partial charge in [0, 0.05) is 6.54 Å². The first-order chi connectivity index (χ1) is 8.75. The average Bonchev–Trinajstić information content (AvgIpc) is 2.97. The molecule has 2 aromatic rings. The molecule has 0 amide bonds. The Morgan fingerprint density at radius 2 is 2.33 bits per heavy atom. The topological polar surface area (TPSA) is 38.1 Å². The molecule has 0 saturated carbocycles. The van der Waals surface area contributed by atoms with E-state index in [1.807, 2.05) is 12.1 Å². The summed E-state index contributed by atoms with van der Waals surface area (Å²) in [5, 5.41) is 3.46. The van der Waals surface area contributed by atoms with Crippen molar-refractivity contribution in [2.45, 2.75) is 38.5 Å². The highest BCUT2D eigenvalue weighted by Crippen LogP contribution is 2.36. The molecule has 1 aliphatic rings. The maximum Gasteiger partial charge on any atom is 0.203 e. The Bertz CT molecular complexity index is 553. The van der Waals surface area contributed by atoms with E-state index in [4.69, 9.17) is 9.40 Å². The number of fused-ring (bicyclic) bond motifs is 1. The molecule has 0 bridgehead atoms. The molecule has 1 fully saturated rings. The van der Waals surface area contributed by atoms with Gasteiger partial charge in [0.15, 0.2) is 5.58 Å². The fourth-order valence-electron chi connectivity index (χ4n) is 3.04. The predicted molar refractivity (Wildman–Crippen MR) is 72.8 cm³/mol. The molecule has 1 atom stereocenters. The van der Waals surface area contributed by atoms with Crippen LogP contribution in [0.15, 0.2) is 22.6 Å². The lowest BCUT2D eigenvalue weighted by molar-refractivity contribution is 0.331. The largest absolute Gasteiger partial charge is 0.440 e. The van der Waals surface area contributed by atoms with E-state index in [0.717, 1.165) is 42.9 Å². The summed E-state index contributed by atoms with van der Waals surface area (Å²) in [6.07, 6.45) is 3.44. The fourth-order valence-corrected chi connectivity index (χ4v) is 3.04. The number of aryl methyl sites for hydroxylation is 1. The minimum atomic E-state index is 0.111. The zero-order valence-corrected chi connectivity index (χ0v) is 11.1. The van der Waals surface area contributed by atoms with Gasteiger partial charge in [0.1, 0.15) is 5.52 Å². The van der Waals surface area contributed by atoms with Crippen LogP contribution < -0.4 is 5.32 Å². The van der Waals surface area contributed by atoms with Crippen molar-refractivity contribution < 1.29 is 4.42 Å². The SMILES string of the molecule is CCCC1(c2nc3c(C)cccc3o2)CCNC1. The molecule has 1 aromatic heterocycles. The van der Waals surface area contributed by atoms with Gasteiger partial charge in [0.25, 0.3) is 0 Å². The molecule has 1 aliphatic heterocycles. The van der Waals surface area contributed by atoms with E-state index in [2.05, 4.69) is 25.2 Å². The minimum absolute atomic E-state index is 0.111. The summed E-state index contributed by atoms with van der Waals surface area (Å²) in [4.78, 5) is 4.78. The maximum absolute atomic E-state index is 6.04. The highest BCUT2D eigenvalue weighted by atomic mass is 16.3. The molecule has 3 nitrogen and oxygen atoms in total. The predicted octanol–water partition coefficient (Wildman–Crippen LogP) is 3.17. The summed E-state index contributed by atoms with van der Waals surface area (Å²) in [7, 11) is 0. The van der Waals surface area contributed by atoms with Crippen LogP contribution in [0.1, 0.15) is 37.6 Å². The van der Waals surface area contributed by atoms with Crippen molar-refractivity contribution in [2.24, 2.45) is 0 Å². The van der Waals surface area contributed by atoms with Crippen LogP contribution >= 0.6 is 0 Å². The number of para-hydroxylation sites is 1. The summed E-state index contributed by atoms with van der Waals surface area (Å²) in [6.45, 7) is 6.38. The molecule has 1 unspecified atom stereocenters. The first kappa shape index (κ1) is 11.7. The molecule has 18 heavy (non-hydrogen) atoms. The lowest BCUT2D eigenvalue weighted by Gasteiger charge is -2.23. The number of rotatable bonds is 3. The summed E-state index contributed by atoms with van der Waals surface area (Å²) >= 11 is 0. The second-order valence-corrected chi connectivity index (χ2v) is 5.40. The Labute approximate surface area is 108 Å². The normalized spacial score (nSPS) is 23.9. The van der Waals surface area contributed by atoms with E-state index in [0.29, 0.717) is 0 Å². The molecule has 1 saturated heterocycles. The van der Waals surface area contributed by atoms with E-state index in [1.165, 1.54) is 12.0 Å². The van der Waals surface area contributed by atoms with Crippen LogP contribution in [-0.2, 0) is 5.41 Å². The molecule has 1 aromatic carbocycles. The summed E-state index contributed by atoms with van der Waals surface area (Å²) in [6, 6.07) is 6.14. The standard InChI is InChI=1S/C15H20N2O/c1-3-7-15(8-9-16-10-15)14-17-13-11(2)5-4-6-12(13)18-14/h4-6,16H,3,7-10H2,1-2H3. The Morgan fingerprint density at radius 3 is 3.00 bits per heavy atom. The smallest absolute Gasteiger partial charge is 0.203 e. The number of aromatic nitrogens is 1. The third-order valence-corrected chi connectivity index (χ3v) is 4.05. The van der Waals surface area contributed by atoms with E-state index >= 15 is 0 Å². The molecule has 2 heterocycles. The second kappa shape index (κ2) is 4.39. The van der Waals surface area contributed by atoms with E-state index in [1.54, 1.807) is 0 Å². The first-order valence-corrected chi connectivity index (χ1v) is 6.82. The van der Waals surface area contributed by atoms with Crippen molar-refractivity contribution in [3.8, 4) is 0 Å². The van der Waals surface area contributed by atoms with Gasteiger partial charge in [-0.25, -0.2) is 4.98 Å². The molecule has 1 N–H and O–H groups in total. The van der Waals surface area contributed by atoms with Crippen molar-refractivity contribution >= 4 is 11.1 Å². The van der Waals surface area contributed by atoms with Crippen molar-refractivity contribution in [1.82, 2.24) is 10.3 Å². The summed E-state index contributed by atoms with van der Waals surface area (Å²) in [5.74, 6) is 0.929. The van der Waals surface area contributed by atoms with Gasteiger partial charge in [-0.05, 0) is 37.9 Å². The van der Waals surface area contributed by atoms with Crippen molar-refractivity contribution in [3.63, 3.8) is 0 Å². The van der Waals surface area contributed by atoms with Crippen LogP contribution in [0.3, 0.4) is 0 Å². The lowest BCUT2D eigenvalue weighted by Crippen LogP contribution is -2.29. The maximum atomic E-state index is 6.04. The van der Waals surface area contributed by atoms with Crippen LogP contribution in [0.25, 0.3) is 11.1 Å². The highest BCUT2D eigenvalue weighted by Gasteiger charge is 2.39. The van der Waals surface area contributed by atoms with Gasteiger partial charge in [-0.15, -0.1) is 0 Å². The quantitative estimate of drug-likeness (QED) is 0.901. The number of nitrogens with zero attached hydrogens (tertiary/aromatic N) is 1. The van der Waals surface area contributed by atoms with Crippen LogP contribution in [-0.4, -0.2) is 18.1 Å². The van der Waals surface area contributed by atoms with Crippen LogP contribution in [0.5, 0.6) is 0 Å². The monoisotopic (exact) mass is 244 g/mol. The zero-order valence-electron chi connectivity index (χ0n) is 11.1. The van der Waals surface area contributed by atoms with E-state index < -0.39 is 0 Å². The van der Waals surface area contributed by atoms with Gasteiger partial charge >= 0.3 is 0 Å². The van der Waals surface area contributed by atoms with E-state index in [-0.39, 0.29) is 5.41 Å². The fraction of sp³-hybridized carbons (Fsp3) is 0.533. The van der Waals surface area contributed by atoms with Crippen molar-refractivity contribution in [3.05, 3.63) is 29.7 Å². The number of hydrogen-bond donors (Lipinski definition) is 1. The van der Waals surface area contributed by atoms with E-state index in [9.17, 15) is 0 Å². The van der Waals surface area contributed by atoms with Gasteiger partial charge in [0.05, 0.1) is 5.41 Å². The molecule has 96 valence electrons. The molecular weight excluding hydrogens is 224 g/mol. The number of benzene rings is 1.